The molecule has 1 N–H and O–H groups in total. The fraction of sp³-hybridized carbons (Fsp3) is 0.333. The van der Waals surface area contributed by atoms with E-state index in [1.54, 1.807) is 47.5 Å². The van der Waals surface area contributed by atoms with E-state index in [0.717, 1.165) is 5.82 Å². The van der Waals surface area contributed by atoms with Crippen molar-refractivity contribution in [2.45, 2.75) is 13.0 Å². The van der Waals surface area contributed by atoms with Crippen molar-refractivity contribution < 1.29 is 33.0 Å². The molecule has 0 saturated carbocycles. The van der Waals surface area contributed by atoms with Crippen LogP contribution in [0.2, 0.25) is 0 Å². The number of piperazine rings is 1. The van der Waals surface area contributed by atoms with Crippen molar-refractivity contribution in [1.29, 1.82) is 0 Å². The molecule has 3 heterocycles. The second-order valence-corrected chi connectivity index (χ2v) is 9.94. The third kappa shape index (κ3) is 5.92. The minimum absolute atomic E-state index is 0.156. The first-order chi connectivity index (χ1) is 20.3. The Bertz CT molecular complexity index is 1450. The number of methoxy groups -OCH3 is 2. The van der Waals surface area contributed by atoms with E-state index in [-0.39, 0.29) is 24.9 Å². The number of nitrogens with zero attached hydrogens (tertiary/aromatic N) is 4. The van der Waals surface area contributed by atoms with Crippen LogP contribution in [0.5, 0.6) is 11.5 Å². The zero-order valence-electron chi connectivity index (χ0n) is 23.6. The molecule has 2 aliphatic rings. The number of benzene rings is 2. The summed E-state index contributed by atoms with van der Waals surface area (Å²) in [5, 5.41) is 2.62. The number of pyridine rings is 1. The molecule has 11 nitrogen and oxygen atoms in total. The van der Waals surface area contributed by atoms with Crippen LogP contribution in [0, 0.1) is 5.82 Å². The third-order valence-electron chi connectivity index (χ3n) is 7.31. The van der Waals surface area contributed by atoms with Gasteiger partial charge in [-0.1, -0.05) is 6.07 Å². The van der Waals surface area contributed by atoms with Gasteiger partial charge in [0.25, 0.3) is 5.91 Å². The van der Waals surface area contributed by atoms with Crippen LogP contribution in [0.25, 0.3) is 11.1 Å². The van der Waals surface area contributed by atoms with Crippen molar-refractivity contribution in [1.82, 2.24) is 15.2 Å². The molecule has 1 aromatic heterocycles. The van der Waals surface area contributed by atoms with E-state index >= 15 is 4.39 Å². The fourth-order valence-corrected chi connectivity index (χ4v) is 5.09. The van der Waals surface area contributed by atoms with Gasteiger partial charge in [-0.25, -0.2) is 14.2 Å². The van der Waals surface area contributed by atoms with Gasteiger partial charge in [0.15, 0.2) is 0 Å². The van der Waals surface area contributed by atoms with E-state index in [1.165, 1.54) is 32.1 Å². The molecule has 0 bridgehead atoms. The molecule has 2 fully saturated rings. The lowest BCUT2D eigenvalue weighted by molar-refractivity contribution is -0.119. The van der Waals surface area contributed by atoms with Crippen molar-refractivity contribution in [2.75, 3.05) is 63.3 Å². The maximum absolute atomic E-state index is 15.2. The average molecular weight is 578 g/mol. The maximum Gasteiger partial charge on any atom is 0.414 e. The molecule has 3 aromatic rings. The van der Waals surface area contributed by atoms with Crippen LogP contribution in [0.3, 0.4) is 0 Å². The van der Waals surface area contributed by atoms with Crippen molar-refractivity contribution in [3.8, 4) is 22.6 Å². The highest BCUT2D eigenvalue weighted by Crippen LogP contribution is 2.31. The smallest absolute Gasteiger partial charge is 0.414 e. The Morgan fingerprint density at radius 2 is 1.76 bits per heavy atom. The summed E-state index contributed by atoms with van der Waals surface area (Å²) in [6.07, 6.45) is 0.510. The van der Waals surface area contributed by atoms with E-state index in [9.17, 15) is 14.4 Å². The van der Waals surface area contributed by atoms with Crippen LogP contribution in [0.15, 0.2) is 54.7 Å². The van der Waals surface area contributed by atoms with Gasteiger partial charge in [-0.2, -0.15) is 0 Å². The summed E-state index contributed by atoms with van der Waals surface area (Å²) < 4.78 is 31.2. The number of anilines is 2. The zero-order valence-corrected chi connectivity index (χ0v) is 23.6. The van der Waals surface area contributed by atoms with Gasteiger partial charge < -0.3 is 29.3 Å². The molecule has 220 valence electrons. The van der Waals surface area contributed by atoms with Crippen LogP contribution < -0.4 is 24.6 Å². The lowest BCUT2D eigenvalue weighted by Crippen LogP contribution is -2.49. The lowest BCUT2D eigenvalue weighted by atomic mass is 10.1. The van der Waals surface area contributed by atoms with Gasteiger partial charge in [-0.15, -0.1) is 0 Å². The second kappa shape index (κ2) is 12.3. The summed E-state index contributed by atoms with van der Waals surface area (Å²) in [4.78, 5) is 46.5. The maximum atomic E-state index is 15.2. The van der Waals surface area contributed by atoms with Crippen molar-refractivity contribution in [3.63, 3.8) is 0 Å². The minimum Gasteiger partial charge on any atom is -0.496 e. The number of rotatable bonds is 8. The van der Waals surface area contributed by atoms with Crippen molar-refractivity contribution in [2.24, 2.45) is 0 Å². The summed E-state index contributed by atoms with van der Waals surface area (Å²) in [5.74, 6) is 0.775. The first kappa shape index (κ1) is 28.7. The number of hydrogen-bond acceptors (Lipinski definition) is 8. The Hall–Kier alpha value is -4.87. The van der Waals surface area contributed by atoms with E-state index in [2.05, 4.69) is 15.2 Å². The highest BCUT2D eigenvalue weighted by molar-refractivity contribution is 6.00. The fourth-order valence-electron chi connectivity index (χ4n) is 5.09. The molecule has 3 amide bonds. The summed E-state index contributed by atoms with van der Waals surface area (Å²) in [6.45, 7) is 3.92. The largest absolute Gasteiger partial charge is 0.496 e. The zero-order chi connectivity index (χ0) is 29.8. The molecule has 12 heteroatoms. The first-order valence-corrected chi connectivity index (χ1v) is 13.5. The lowest BCUT2D eigenvalue weighted by Gasteiger charge is -2.35. The molecule has 42 heavy (non-hydrogen) atoms. The van der Waals surface area contributed by atoms with E-state index in [0.29, 0.717) is 60.1 Å². The van der Waals surface area contributed by atoms with Crippen LogP contribution >= 0.6 is 0 Å². The molecule has 2 saturated heterocycles. The van der Waals surface area contributed by atoms with Crippen LogP contribution in [-0.2, 0) is 9.53 Å². The van der Waals surface area contributed by atoms with Crippen LogP contribution in [0.1, 0.15) is 17.3 Å². The number of aromatic nitrogens is 1. The standard InChI is InChI=1S/C30H32FN5O6/c1-19(37)32-17-22-18-36(30(39)42-22)21-8-9-23(24(31)15-21)20-7-10-27(33-16-20)34-11-13-35(14-12-34)29(38)28-25(40-2)5-4-6-26(28)41-3/h4-10,15-16,22H,11-14,17-18H2,1-3H3,(H,32,37)/t22-/m0/s1. The van der Waals surface area contributed by atoms with E-state index in [1.807, 2.05) is 6.07 Å². The van der Waals surface area contributed by atoms with Gasteiger partial charge in [0.1, 0.15) is 34.8 Å². The van der Waals surface area contributed by atoms with Crippen LogP contribution in [0.4, 0.5) is 20.7 Å². The number of carbonyl (C=O) groups excluding carboxylic acids is 3. The molecule has 2 aliphatic heterocycles. The van der Waals surface area contributed by atoms with Gasteiger partial charge >= 0.3 is 6.09 Å². The summed E-state index contributed by atoms with van der Waals surface area (Å²) in [7, 11) is 3.05. The average Bonchev–Trinajstić information content (AvgIpc) is 3.39. The van der Waals surface area contributed by atoms with Gasteiger partial charge in [-0.3, -0.25) is 14.5 Å². The molecule has 1 atom stereocenters. The first-order valence-electron chi connectivity index (χ1n) is 13.5. The molecule has 5 rings (SSSR count). The summed E-state index contributed by atoms with van der Waals surface area (Å²) in [5.41, 5.74) is 1.71. The Morgan fingerprint density at radius 1 is 1.05 bits per heavy atom. The van der Waals surface area contributed by atoms with Crippen molar-refractivity contribution in [3.05, 3.63) is 66.1 Å². The predicted molar refractivity (Wildman–Crippen MR) is 154 cm³/mol. The molecular formula is C30H32FN5O6. The quantitative estimate of drug-likeness (QED) is 0.434. The van der Waals surface area contributed by atoms with Gasteiger partial charge in [0, 0.05) is 50.4 Å². The second-order valence-electron chi connectivity index (χ2n) is 9.94. The number of halogens is 1. The SMILES string of the molecule is COc1cccc(OC)c1C(=O)N1CCN(c2ccc(-c3ccc(N4C[C@H](CNC(C)=O)OC4=O)cc3F)cn2)CC1. The number of nitrogens with one attached hydrogen (secondary N) is 1. The summed E-state index contributed by atoms with van der Waals surface area (Å²) >= 11 is 0. The molecule has 0 unspecified atom stereocenters. The summed E-state index contributed by atoms with van der Waals surface area (Å²) in [6, 6.07) is 13.4. The number of amides is 3. The molecule has 0 radical (unpaired) electrons. The van der Waals surface area contributed by atoms with E-state index < -0.39 is 18.0 Å². The van der Waals surface area contributed by atoms with Gasteiger partial charge in [-0.05, 0) is 42.5 Å². The molecule has 2 aromatic carbocycles. The Kier molecular flexibility index (Phi) is 8.41. The van der Waals surface area contributed by atoms with Crippen molar-refractivity contribution >= 4 is 29.4 Å². The minimum atomic E-state index is -0.590. The Labute approximate surface area is 242 Å². The Morgan fingerprint density at radius 3 is 2.36 bits per heavy atom. The normalized spacial score (nSPS) is 16.7. The Balaban J connectivity index is 1.22. The number of ether oxygens (including phenoxy) is 3. The van der Waals surface area contributed by atoms with Gasteiger partial charge in [0.05, 0.1) is 33.0 Å². The third-order valence-corrected chi connectivity index (χ3v) is 7.31. The number of cyclic esters (lactones) is 1. The number of hydrogen-bond donors (Lipinski definition) is 1. The molecule has 0 spiro atoms. The van der Waals surface area contributed by atoms with Gasteiger partial charge in [0.2, 0.25) is 5.91 Å². The monoisotopic (exact) mass is 577 g/mol. The topological polar surface area (TPSA) is 114 Å². The molecular weight excluding hydrogens is 545 g/mol. The van der Waals surface area contributed by atoms with E-state index in [4.69, 9.17) is 14.2 Å². The molecule has 0 aliphatic carbocycles. The van der Waals surface area contributed by atoms with Crippen LogP contribution in [-0.4, -0.2) is 87.4 Å². The predicted octanol–water partition coefficient (Wildman–Crippen LogP) is 3.33. The number of carbonyl (C=O) groups is 3. The highest BCUT2D eigenvalue weighted by Gasteiger charge is 2.33. The highest BCUT2D eigenvalue weighted by atomic mass is 19.1.